The predicted molar refractivity (Wildman–Crippen MR) is 102 cm³/mol. The molecule has 0 bridgehead atoms. The van der Waals surface area contributed by atoms with Crippen molar-refractivity contribution in [3.8, 4) is 5.75 Å². The van der Waals surface area contributed by atoms with Crippen LogP contribution in [0.4, 0.5) is 0 Å². The monoisotopic (exact) mass is 385 g/mol. The lowest BCUT2D eigenvalue weighted by atomic mass is 10.1. The zero-order valence-corrected chi connectivity index (χ0v) is 17.8. The van der Waals surface area contributed by atoms with E-state index in [0.717, 1.165) is 42.7 Å². The van der Waals surface area contributed by atoms with E-state index < -0.39 is 17.4 Å². The third kappa shape index (κ3) is 5.36. The molecule has 0 aliphatic carbocycles. The van der Waals surface area contributed by atoms with Crippen LogP contribution in [0.15, 0.2) is 18.2 Å². The Morgan fingerprint density at radius 2 is 1.88 bits per heavy atom. The summed E-state index contributed by atoms with van der Waals surface area (Å²) in [5, 5.41) is 0. The molecule has 0 amide bonds. The molecule has 1 aliphatic heterocycles. The van der Waals surface area contributed by atoms with Crippen LogP contribution < -0.4 is 10.2 Å². The highest BCUT2D eigenvalue weighted by atomic mass is 28.4. The molecule has 0 fully saturated rings. The highest BCUT2D eigenvalue weighted by Gasteiger charge is 2.38. The van der Waals surface area contributed by atoms with Crippen LogP contribution in [0.3, 0.4) is 0 Å². The highest BCUT2D eigenvalue weighted by molar-refractivity contribution is 6.67. The Hall–Kier alpha value is -0.746. The van der Waals surface area contributed by atoms with Crippen LogP contribution in [0.1, 0.15) is 24.0 Å². The number of aryl methyl sites for hydroxylation is 1. The molecule has 1 unspecified atom stereocenters. The van der Waals surface area contributed by atoms with Crippen LogP contribution in [0, 0.1) is 0 Å². The average Bonchev–Trinajstić information content (AvgIpc) is 2.64. The summed E-state index contributed by atoms with van der Waals surface area (Å²) >= 11 is 0. The van der Waals surface area contributed by atoms with Crippen LogP contribution in [0.5, 0.6) is 5.75 Å². The van der Waals surface area contributed by atoms with Crippen molar-refractivity contribution in [3.05, 3.63) is 29.3 Å². The smallest absolute Gasteiger partial charge is 0.500 e. The van der Waals surface area contributed by atoms with E-state index in [2.05, 4.69) is 24.7 Å². The van der Waals surface area contributed by atoms with Gasteiger partial charge in [0.1, 0.15) is 5.75 Å². The minimum atomic E-state index is -2.49. The Balaban J connectivity index is 1.94. The van der Waals surface area contributed by atoms with E-state index in [1.54, 1.807) is 21.3 Å². The molecule has 1 aliphatic rings. The Bertz CT molecular complexity index is 548. The van der Waals surface area contributed by atoms with Gasteiger partial charge in [-0.15, -0.1) is 0 Å². The van der Waals surface area contributed by atoms with Crippen molar-refractivity contribution in [2.24, 2.45) is 5.73 Å². The van der Waals surface area contributed by atoms with Crippen LogP contribution in [-0.4, -0.2) is 45.2 Å². The molecule has 6 nitrogen and oxygen atoms in total. The van der Waals surface area contributed by atoms with Gasteiger partial charge >= 0.3 is 17.4 Å². The number of rotatable bonds is 10. The van der Waals surface area contributed by atoms with Crippen molar-refractivity contribution >= 4 is 17.4 Å². The van der Waals surface area contributed by atoms with Gasteiger partial charge in [-0.25, -0.2) is 0 Å². The first-order valence-electron chi connectivity index (χ1n) is 8.80. The van der Waals surface area contributed by atoms with Crippen molar-refractivity contribution in [3.63, 3.8) is 0 Å². The van der Waals surface area contributed by atoms with E-state index in [4.69, 9.17) is 27.9 Å². The Morgan fingerprint density at radius 3 is 2.52 bits per heavy atom. The van der Waals surface area contributed by atoms with Crippen LogP contribution in [0.2, 0.25) is 18.6 Å². The van der Waals surface area contributed by atoms with E-state index in [1.165, 1.54) is 5.56 Å². The molecule has 0 saturated heterocycles. The summed E-state index contributed by atoms with van der Waals surface area (Å²) in [6, 6.07) is 8.13. The summed E-state index contributed by atoms with van der Waals surface area (Å²) in [4.78, 5) is 0. The third-order valence-electron chi connectivity index (χ3n) is 4.70. The molecular formula is C17H31NO5Si2. The van der Waals surface area contributed by atoms with Gasteiger partial charge in [-0.1, -0.05) is 6.07 Å². The minimum absolute atomic E-state index is 0.628. The predicted octanol–water partition coefficient (Wildman–Crippen LogP) is 2.83. The van der Waals surface area contributed by atoms with Gasteiger partial charge in [0.2, 0.25) is 0 Å². The largest absolute Gasteiger partial charge is 0.520 e. The summed E-state index contributed by atoms with van der Waals surface area (Å²) < 4.78 is 28.7. The Kier molecular flexibility index (Phi) is 7.62. The second kappa shape index (κ2) is 9.27. The van der Waals surface area contributed by atoms with Gasteiger partial charge in [-0.3, -0.25) is 0 Å². The Labute approximate surface area is 153 Å². The molecule has 25 heavy (non-hydrogen) atoms. The van der Waals surface area contributed by atoms with Crippen molar-refractivity contribution < 1.29 is 22.1 Å². The molecule has 0 spiro atoms. The molecule has 0 radical (unpaired) electrons. The van der Waals surface area contributed by atoms with Crippen LogP contribution in [-0.2, 0) is 30.7 Å². The highest BCUT2D eigenvalue weighted by Crippen LogP contribution is 2.32. The summed E-state index contributed by atoms with van der Waals surface area (Å²) in [6.07, 6.45) is 2.84. The maximum Gasteiger partial charge on any atom is 0.500 e. The maximum atomic E-state index is 6.20. The topological polar surface area (TPSA) is 72.2 Å². The van der Waals surface area contributed by atoms with Crippen molar-refractivity contribution in [1.82, 2.24) is 0 Å². The molecule has 1 heterocycles. The number of nitrogens with two attached hydrogens (primary N) is 1. The van der Waals surface area contributed by atoms with Gasteiger partial charge in [0.15, 0.2) is 0 Å². The van der Waals surface area contributed by atoms with Crippen molar-refractivity contribution in [2.75, 3.05) is 27.9 Å². The normalized spacial score (nSPS) is 20.2. The van der Waals surface area contributed by atoms with Gasteiger partial charge < -0.3 is 27.9 Å². The fourth-order valence-corrected chi connectivity index (χ4v) is 7.10. The number of hydrogen-bond donors (Lipinski definition) is 1. The van der Waals surface area contributed by atoms with E-state index in [9.17, 15) is 0 Å². The molecule has 0 aromatic heterocycles. The third-order valence-corrected chi connectivity index (χ3v) is 10.2. The second-order valence-corrected chi connectivity index (χ2v) is 12.9. The first-order valence-corrected chi connectivity index (χ1v) is 13.3. The summed E-state index contributed by atoms with van der Waals surface area (Å²) in [7, 11) is 0.352. The van der Waals surface area contributed by atoms with Crippen LogP contribution >= 0.6 is 0 Å². The zero-order valence-electron chi connectivity index (χ0n) is 15.8. The molecule has 1 aromatic rings. The molecule has 1 atom stereocenters. The maximum absolute atomic E-state index is 6.20. The number of benzene rings is 1. The van der Waals surface area contributed by atoms with Crippen molar-refractivity contribution in [2.45, 2.75) is 44.5 Å². The van der Waals surface area contributed by atoms with Crippen LogP contribution in [0.25, 0.3) is 0 Å². The van der Waals surface area contributed by atoms with Gasteiger partial charge in [-0.2, -0.15) is 0 Å². The number of hydrogen-bond acceptors (Lipinski definition) is 6. The lowest BCUT2D eigenvalue weighted by Crippen LogP contribution is -2.44. The lowest BCUT2D eigenvalue weighted by Gasteiger charge is -2.33. The first-order chi connectivity index (χ1) is 12.0. The van der Waals surface area contributed by atoms with Gasteiger partial charge in [0, 0.05) is 39.0 Å². The van der Waals surface area contributed by atoms with E-state index in [0.29, 0.717) is 13.2 Å². The van der Waals surface area contributed by atoms with E-state index >= 15 is 0 Å². The minimum Gasteiger partial charge on any atom is -0.520 e. The average molecular weight is 386 g/mol. The van der Waals surface area contributed by atoms with Crippen molar-refractivity contribution in [1.29, 1.82) is 0 Å². The standard InChI is InChI=1S/C17H31NO5Si2/c1-19-25(20-2,21-3)12-5-7-15-8-9-17-16(13-15)14-22-24(4,23-17)11-6-10-18/h8-9,13H,5-7,10-12,14,18H2,1-4H3. The van der Waals surface area contributed by atoms with Gasteiger partial charge in [0.25, 0.3) is 0 Å². The summed E-state index contributed by atoms with van der Waals surface area (Å²) in [6.45, 7) is 3.42. The Morgan fingerprint density at radius 1 is 1.16 bits per heavy atom. The first kappa shape index (κ1) is 20.6. The SMILES string of the molecule is CO[Si](CCCc1ccc2c(c1)CO[Si](C)(CCCN)O2)(OC)OC. The molecule has 1 aromatic carbocycles. The summed E-state index contributed by atoms with van der Waals surface area (Å²) in [5.41, 5.74) is 8.01. The van der Waals surface area contributed by atoms with Gasteiger partial charge in [-0.05, 0) is 50.1 Å². The quantitative estimate of drug-likeness (QED) is 0.625. The summed E-state index contributed by atoms with van der Waals surface area (Å²) in [5.74, 6) is 0.968. The fourth-order valence-electron chi connectivity index (χ4n) is 3.10. The molecule has 0 saturated carbocycles. The molecular weight excluding hydrogens is 354 g/mol. The second-order valence-electron chi connectivity index (χ2n) is 6.51. The number of fused-ring (bicyclic) bond motifs is 1. The molecule has 2 rings (SSSR count). The van der Waals surface area contributed by atoms with E-state index in [1.807, 2.05) is 0 Å². The molecule has 8 heteroatoms. The lowest BCUT2D eigenvalue weighted by molar-refractivity contribution is 0.123. The molecule has 2 N–H and O–H groups in total. The zero-order chi connectivity index (χ0) is 18.3. The fraction of sp³-hybridized carbons (Fsp3) is 0.647. The van der Waals surface area contributed by atoms with E-state index in [-0.39, 0.29) is 0 Å². The molecule has 142 valence electrons. The van der Waals surface area contributed by atoms with Gasteiger partial charge in [0.05, 0.1) is 6.61 Å².